The molecule has 2 amide bonds. The number of aromatic nitrogens is 2. The van der Waals surface area contributed by atoms with Gasteiger partial charge in [0.2, 0.25) is 11.0 Å². The fourth-order valence-corrected chi connectivity index (χ4v) is 2.49. The van der Waals surface area contributed by atoms with Crippen LogP contribution in [0.2, 0.25) is 0 Å². The number of benzene rings is 1. The lowest BCUT2D eigenvalue weighted by Gasteiger charge is -2.07. The third-order valence-electron chi connectivity index (χ3n) is 2.99. The van der Waals surface area contributed by atoms with E-state index in [0.29, 0.717) is 10.8 Å². The van der Waals surface area contributed by atoms with Crippen molar-refractivity contribution in [2.75, 3.05) is 17.2 Å². The Morgan fingerprint density at radius 1 is 1.08 bits per heavy atom. The number of esters is 1. The summed E-state index contributed by atoms with van der Waals surface area (Å²) < 4.78 is 4.85. The highest BCUT2D eigenvalue weighted by Crippen LogP contribution is 2.14. The van der Waals surface area contributed by atoms with Crippen LogP contribution in [0.15, 0.2) is 24.3 Å². The van der Waals surface area contributed by atoms with Gasteiger partial charge in [0, 0.05) is 12.1 Å². The molecule has 0 aliphatic heterocycles. The van der Waals surface area contributed by atoms with Crippen LogP contribution < -0.4 is 10.6 Å². The van der Waals surface area contributed by atoms with Crippen molar-refractivity contribution in [1.82, 2.24) is 10.2 Å². The van der Waals surface area contributed by atoms with Gasteiger partial charge in [-0.1, -0.05) is 23.5 Å². The molecule has 0 atom stereocenters. The lowest BCUT2D eigenvalue weighted by molar-refractivity contribution is -0.147. The summed E-state index contributed by atoms with van der Waals surface area (Å²) in [6.07, 6.45) is -0.182. The number of anilines is 2. The molecule has 8 nitrogen and oxygen atoms in total. The first-order valence-corrected chi connectivity index (χ1v) is 8.36. The minimum absolute atomic E-state index is 0.0586. The quantitative estimate of drug-likeness (QED) is 0.730. The second-order valence-corrected chi connectivity index (χ2v) is 6.43. The molecule has 0 spiro atoms. The van der Waals surface area contributed by atoms with Crippen LogP contribution in [0.25, 0.3) is 0 Å². The topological polar surface area (TPSA) is 110 Å². The predicted octanol–water partition coefficient (Wildman–Crippen LogP) is 2.06. The Kier molecular flexibility index (Phi) is 6.58. The molecular weight excluding hydrogens is 344 g/mol. The smallest absolute Gasteiger partial charge is 0.306 e. The molecule has 1 aromatic heterocycles. The van der Waals surface area contributed by atoms with Gasteiger partial charge in [-0.05, 0) is 31.5 Å². The van der Waals surface area contributed by atoms with Gasteiger partial charge in [0.25, 0.3) is 5.91 Å². The van der Waals surface area contributed by atoms with Crippen LogP contribution in [0.1, 0.15) is 23.4 Å². The van der Waals surface area contributed by atoms with E-state index in [4.69, 9.17) is 4.74 Å². The summed E-state index contributed by atoms with van der Waals surface area (Å²) in [6.45, 7) is 3.28. The van der Waals surface area contributed by atoms with Crippen LogP contribution in [0, 0.1) is 13.8 Å². The van der Waals surface area contributed by atoms with Crippen LogP contribution in [-0.2, 0) is 19.1 Å². The van der Waals surface area contributed by atoms with Gasteiger partial charge in [-0.15, -0.1) is 10.2 Å². The molecule has 25 heavy (non-hydrogen) atoms. The lowest BCUT2D eigenvalue weighted by Crippen LogP contribution is -2.21. The van der Waals surface area contributed by atoms with Crippen LogP contribution in [0.4, 0.5) is 10.8 Å². The summed E-state index contributed by atoms with van der Waals surface area (Å²) in [7, 11) is 0. The van der Waals surface area contributed by atoms with Gasteiger partial charge in [-0.2, -0.15) is 0 Å². The number of amides is 2. The van der Waals surface area contributed by atoms with Gasteiger partial charge in [0.15, 0.2) is 6.61 Å². The van der Waals surface area contributed by atoms with E-state index in [1.165, 1.54) is 11.3 Å². The predicted molar refractivity (Wildman–Crippen MR) is 93.3 cm³/mol. The summed E-state index contributed by atoms with van der Waals surface area (Å²) in [4.78, 5) is 35.0. The van der Waals surface area contributed by atoms with Crippen molar-refractivity contribution in [2.24, 2.45) is 0 Å². The molecule has 9 heteroatoms. The van der Waals surface area contributed by atoms with Crippen LogP contribution in [-0.4, -0.2) is 34.6 Å². The maximum atomic E-state index is 11.7. The zero-order valence-corrected chi connectivity index (χ0v) is 14.7. The molecule has 0 bridgehead atoms. The molecule has 0 aliphatic rings. The second-order valence-electron chi connectivity index (χ2n) is 5.25. The molecule has 132 valence electrons. The van der Waals surface area contributed by atoms with Gasteiger partial charge in [-0.25, -0.2) is 0 Å². The van der Waals surface area contributed by atoms with Gasteiger partial charge < -0.3 is 15.4 Å². The maximum absolute atomic E-state index is 11.7. The highest BCUT2D eigenvalue weighted by molar-refractivity contribution is 7.15. The normalized spacial score (nSPS) is 10.2. The largest absolute Gasteiger partial charge is 0.456 e. The van der Waals surface area contributed by atoms with Gasteiger partial charge in [0.1, 0.15) is 5.01 Å². The summed E-state index contributed by atoms with van der Waals surface area (Å²) in [5, 5.41) is 13.8. The molecule has 2 aromatic rings. The zero-order chi connectivity index (χ0) is 18.2. The molecule has 1 aromatic carbocycles. The first-order chi connectivity index (χ1) is 11.9. The molecule has 0 unspecified atom stereocenters. The Morgan fingerprint density at radius 2 is 1.88 bits per heavy atom. The molecular formula is C16H18N4O4S. The van der Waals surface area contributed by atoms with E-state index in [1.54, 1.807) is 19.1 Å². The average Bonchev–Trinajstić information content (AvgIpc) is 2.96. The minimum atomic E-state index is -0.622. The van der Waals surface area contributed by atoms with Crippen LogP contribution in [0.5, 0.6) is 0 Å². The molecule has 0 saturated heterocycles. The highest BCUT2D eigenvalue weighted by Gasteiger charge is 2.12. The van der Waals surface area contributed by atoms with E-state index in [1.807, 2.05) is 19.1 Å². The fourth-order valence-electron chi connectivity index (χ4n) is 1.88. The molecule has 0 saturated carbocycles. The highest BCUT2D eigenvalue weighted by atomic mass is 32.1. The molecule has 1 heterocycles. The molecule has 2 N–H and O–H groups in total. The Morgan fingerprint density at radius 3 is 2.56 bits per heavy atom. The Balaban J connectivity index is 1.66. The summed E-state index contributed by atoms with van der Waals surface area (Å²) >= 11 is 1.24. The van der Waals surface area contributed by atoms with E-state index in [2.05, 4.69) is 20.8 Å². The van der Waals surface area contributed by atoms with E-state index < -0.39 is 18.5 Å². The number of hydrogen-bond donors (Lipinski definition) is 2. The van der Waals surface area contributed by atoms with E-state index in [0.717, 1.165) is 10.6 Å². The van der Waals surface area contributed by atoms with E-state index >= 15 is 0 Å². The van der Waals surface area contributed by atoms with Gasteiger partial charge in [0.05, 0.1) is 6.42 Å². The summed E-state index contributed by atoms with van der Waals surface area (Å²) in [5.74, 6) is -1.42. The molecule has 0 aliphatic carbocycles. The number of nitrogens with one attached hydrogen (secondary N) is 2. The van der Waals surface area contributed by atoms with Gasteiger partial charge >= 0.3 is 5.97 Å². The summed E-state index contributed by atoms with van der Waals surface area (Å²) in [6, 6.07) is 7.27. The third-order valence-corrected chi connectivity index (χ3v) is 3.75. The van der Waals surface area contributed by atoms with Gasteiger partial charge in [-0.3, -0.25) is 14.4 Å². The molecule has 2 rings (SSSR count). The number of carbonyl (C=O) groups is 3. The monoisotopic (exact) mass is 362 g/mol. The van der Waals surface area contributed by atoms with E-state index in [9.17, 15) is 14.4 Å². The number of hydrogen-bond acceptors (Lipinski definition) is 7. The Labute approximate surface area is 148 Å². The fraction of sp³-hybridized carbons (Fsp3) is 0.312. The standard InChI is InChI=1S/C16H18N4O4S/c1-10-4-3-5-12(8-10)17-14(22)9-24-15(23)7-6-13(21)18-16-20-19-11(2)25-16/h3-5,8H,6-7,9H2,1-2H3,(H,17,22)(H,18,20,21). The van der Waals surface area contributed by atoms with Crippen molar-refractivity contribution >= 4 is 39.9 Å². The number of rotatable bonds is 7. The van der Waals surface area contributed by atoms with E-state index in [-0.39, 0.29) is 18.7 Å². The Hall–Kier alpha value is -2.81. The number of carbonyl (C=O) groups excluding carboxylic acids is 3. The Bertz CT molecular complexity index is 775. The second kappa shape index (κ2) is 8.88. The first kappa shape index (κ1) is 18.5. The SMILES string of the molecule is Cc1cccc(NC(=O)COC(=O)CCC(=O)Nc2nnc(C)s2)c1. The lowest BCUT2D eigenvalue weighted by atomic mass is 10.2. The maximum Gasteiger partial charge on any atom is 0.306 e. The average molecular weight is 362 g/mol. The number of nitrogens with zero attached hydrogens (tertiary/aromatic N) is 2. The minimum Gasteiger partial charge on any atom is -0.456 e. The van der Waals surface area contributed by atoms with Crippen molar-refractivity contribution in [3.05, 3.63) is 34.8 Å². The molecule has 0 fully saturated rings. The van der Waals surface area contributed by atoms with Crippen molar-refractivity contribution < 1.29 is 19.1 Å². The zero-order valence-electron chi connectivity index (χ0n) is 13.9. The van der Waals surface area contributed by atoms with Crippen LogP contribution >= 0.6 is 11.3 Å². The number of aryl methyl sites for hydroxylation is 2. The van der Waals surface area contributed by atoms with Crippen LogP contribution in [0.3, 0.4) is 0 Å². The molecule has 0 radical (unpaired) electrons. The number of ether oxygens (including phenoxy) is 1. The third kappa shape index (κ3) is 6.68. The van der Waals surface area contributed by atoms with Crippen molar-refractivity contribution in [2.45, 2.75) is 26.7 Å². The van der Waals surface area contributed by atoms with Crippen molar-refractivity contribution in [3.63, 3.8) is 0 Å². The summed E-state index contributed by atoms with van der Waals surface area (Å²) in [5.41, 5.74) is 1.64. The van der Waals surface area contributed by atoms with Crippen molar-refractivity contribution in [1.29, 1.82) is 0 Å². The van der Waals surface area contributed by atoms with Crippen molar-refractivity contribution in [3.8, 4) is 0 Å². The first-order valence-electron chi connectivity index (χ1n) is 7.54.